The van der Waals surface area contributed by atoms with Gasteiger partial charge in [0.2, 0.25) is 5.91 Å². The number of hydrogen-bond acceptors (Lipinski definition) is 1. The van der Waals surface area contributed by atoms with E-state index in [1.807, 2.05) is 59.5 Å². The van der Waals surface area contributed by atoms with Gasteiger partial charge in [0.05, 0.1) is 6.54 Å². The van der Waals surface area contributed by atoms with Gasteiger partial charge in [-0.15, -0.1) is 0 Å². The van der Waals surface area contributed by atoms with Crippen molar-refractivity contribution >= 4 is 45.6 Å². The van der Waals surface area contributed by atoms with E-state index in [1.165, 1.54) is 16.3 Å². The number of hydrogen-bond donors (Lipinski definition) is 0. The SMILES string of the molecule is O=C1CC(c2ccc(Cl)cc2)c2c(ccc3ccccc23)N1Cc1cccc(Cl)c1. The average molecular weight is 432 g/mol. The molecule has 30 heavy (non-hydrogen) atoms. The normalized spacial score (nSPS) is 16.0. The third-order valence-corrected chi connectivity index (χ3v) is 6.26. The number of halogens is 2. The Balaban J connectivity index is 1.68. The van der Waals surface area contributed by atoms with Gasteiger partial charge in [0, 0.05) is 28.1 Å². The zero-order valence-corrected chi connectivity index (χ0v) is 17.7. The van der Waals surface area contributed by atoms with Gasteiger partial charge in [0.25, 0.3) is 0 Å². The Morgan fingerprint density at radius 2 is 1.63 bits per heavy atom. The summed E-state index contributed by atoms with van der Waals surface area (Å²) in [7, 11) is 0. The lowest BCUT2D eigenvalue weighted by Gasteiger charge is -2.35. The Bertz CT molecular complexity index is 1250. The predicted octanol–water partition coefficient (Wildman–Crippen LogP) is 7.22. The number of rotatable bonds is 3. The topological polar surface area (TPSA) is 20.3 Å². The Hall–Kier alpha value is -2.81. The maximum absolute atomic E-state index is 13.3. The van der Waals surface area contributed by atoms with E-state index >= 15 is 0 Å². The molecule has 1 aliphatic rings. The van der Waals surface area contributed by atoms with Gasteiger partial charge in [-0.25, -0.2) is 0 Å². The monoisotopic (exact) mass is 431 g/mol. The predicted molar refractivity (Wildman–Crippen MR) is 125 cm³/mol. The van der Waals surface area contributed by atoms with Gasteiger partial charge in [-0.3, -0.25) is 4.79 Å². The largest absolute Gasteiger partial charge is 0.308 e. The molecule has 1 unspecified atom stereocenters. The molecule has 2 nitrogen and oxygen atoms in total. The summed E-state index contributed by atoms with van der Waals surface area (Å²) in [6.07, 6.45) is 0.420. The first kappa shape index (κ1) is 19.2. The van der Waals surface area contributed by atoms with Crippen LogP contribution in [0.15, 0.2) is 84.9 Å². The first-order valence-electron chi connectivity index (χ1n) is 9.92. The van der Waals surface area contributed by atoms with E-state index in [1.54, 1.807) is 0 Å². The highest BCUT2D eigenvalue weighted by Crippen LogP contribution is 2.44. The first-order chi connectivity index (χ1) is 14.6. The van der Waals surface area contributed by atoms with Gasteiger partial charge >= 0.3 is 0 Å². The highest BCUT2D eigenvalue weighted by Gasteiger charge is 2.33. The molecule has 4 aromatic rings. The number of amides is 1. The molecule has 0 saturated carbocycles. The Labute approximate surface area is 185 Å². The van der Waals surface area contributed by atoms with Crippen LogP contribution in [0.3, 0.4) is 0 Å². The fraction of sp³-hybridized carbons (Fsp3) is 0.115. The fourth-order valence-corrected chi connectivity index (χ4v) is 4.72. The van der Waals surface area contributed by atoms with Crippen LogP contribution in [0.1, 0.15) is 29.0 Å². The molecular weight excluding hydrogens is 413 g/mol. The molecule has 1 atom stereocenters. The van der Waals surface area contributed by atoms with E-state index in [-0.39, 0.29) is 11.8 Å². The van der Waals surface area contributed by atoms with Crippen molar-refractivity contribution in [2.45, 2.75) is 18.9 Å². The summed E-state index contributed by atoms with van der Waals surface area (Å²) in [4.78, 5) is 15.2. The van der Waals surface area contributed by atoms with E-state index in [4.69, 9.17) is 23.2 Å². The van der Waals surface area contributed by atoms with Crippen molar-refractivity contribution < 1.29 is 4.79 Å². The van der Waals surface area contributed by atoms with Gasteiger partial charge in [0.1, 0.15) is 0 Å². The lowest BCUT2D eigenvalue weighted by molar-refractivity contribution is -0.119. The fourth-order valence-electron chi connectivity index (χ4n) is 4.38. The molecule has 0 saturated heterocycles. The van der Waals surface area contributed by atoms with E-state index in [2.05, 4.69) is 30.3 Å². The zero-order chi connectivity index (χ0) is 20.7. The summed E-state index contributed by atoms with van der Waals surface area (Å²) < 4.78 is 0. The van der Waals surface area contributed by atoms with Crippen LogP contribution >= 0.6 is 23.2 Å². The third-order valence-electron chi connectivity index (χ3n) is 5.77. The maximum Gasteiger partial charge on any atom is 0.228 e. The minimum absolute atomic E-state index is 0.00789. The van der Waals surface area contributed by atoms with Gasteiger partial charge < -0.3 is 4.90 Å². The van der Waals surface area contributed by atoms with Crippen LogP contribution in [0.5, 0.6) is 0 Å². The molecule has 148 valence electrons. The lowest BCUT2D eigenvalue weighted by Crippen LogP contribution is -2.36. The van der Waals surface area contributed by atoms with Crippen LogP contribution < -0.4 is 4.90 Å². The second kappa shape index (κ2) is 7.79. The molecule has 0 aromatic heterocycles. The molecule has 1 heterocycles. The summed E-state index contributed by atoms with van der Waals surface area (Å²) in [6, 6.07) is 28.1. The molecule has 0 fully saturated rings. The van der Waals surface area contributed by atoms with E-state index in [9.17, 15) is 4.79 Å². The summed E-state index contributed by atoms with van der Waals surface area (Å²) in [5.41, 5.74) is 4.27. The third kappa shape index (κ3) is 3.47. The molecular formula is C26H19Cl2NO. The molecule has 4 aromatic carbocycles. The molecule has 0 spiro atoms. The van der Waals surface area contributed by atoms with E-state index in [0.717, 1.165) is 16.8 Å². The van der Waals surface area contributed by atoms with Crippen molar-refractivity contribution in [3.05, 3.63) is 112 Å². The minimum atomic E-state index is -0.00789. The summed E-state index contributed by atoms with van der Waals surface area (Å²) in [5, 5.41) is 3.72. The van der Waals surface area contributed by atoms with Crippen LogP contribution in [0.2, 0.25) is 10.0 Å². The van der Waals surface area contributed by atoms with Gasteiger partial charge in [-0.2, -0.15) is 0 Å². The van der Waals surface area contributed by atoms with Crippen molar-refractivity contribution in [2.24, 2.45) is 0 Å². The lowest BCUT2D eigenvalue weighted by atomic mass is 9.81. The number of carbonyl (C=O) groups is 1. The van der Waals surface area contributed by atoms with Crippen LogP contribution in [0.25, 0.3) is 10.8 Å². The highest BCUT2D eigenvalue weighted by atomic mass is 35.5. The first-order valence-corrected chi connectivity index (χ1v) is 10.7. The van der Waals surface area contributed by atoms with E-state index < -0.39 is 0 Å². The van der Waals surface area contributed by atoms with Crippen LogP contribution in [0, 0.1) is 0 Å². The molecule has 0 N–H and O–H groups in total. The number of fused-ring (bicyclic) bond motifs is 3. The zero-order valence-electron chi connectivity index (χ0n) is 16.2. The molecule has 0 aliphatic carbocycles. The standard InChI is InChI=1S/C26H19Cl2NO/c27-20-11-8-19(9-12-20)23-15-25(30)29(16-17-4-3-6-21(28)14-17)24-13-10-18-5-1-2-7-22(18)26(23)24/h1-14,23H,15-16H2. The van der Waals surface area contributed by atoms with Crippen LogP contribution in [-0.2, 0) is 11.3 Å². The Kier molecular flexibility index (Phi) is 4.98. The van der Waals surface area contributed by atoms with Crippen molar-refractivity contribution in [3.8, 4) is 0 Å². The molecule has 1 amide bonds. The second-order valence-electron chi connectivity index (χ2n) is 7.64. The molecule has 1 aliphatic heterocycles. The van der Waals surface area contributed by atoms with Crippen LogP contribution in [-0.4, -0.2) is 5.91 Å². The molecule has 0 bridgehead atoms. The quantitative estimate of drug-likeness (QED) is 0.335. The summed E-state index contributed by atoms with van der Waals surface area (Å²) in [6.45, 7) is 0.498. The summed E-state index contributed by atoms with van der Waals surface area (Å²) >= 11 is 12.3. The number of nitrogens with zero attached hydrogens (tertiary/aromatic N) is 1. The van der Waals surface area contributed by atoms with Gasteiger partial charge in [0.15, 0.2) is 0 Å². The minimum Gasteiger partial charge on any atom is -0.308 e. The number of carbonyl (C=O) groups excluding carboxylic acids is 1. The van der Waals surface area contributed by atoms with Crippen molar-refractivity contribution in [2.75, 3.05) is 4.90 Å². The molecule has 5 rings (SSSR count). The van der Waals surface area contributed by atoms with E-state index in [0.29, 0.717) is 23.0 Å². The molecule has 0 radical (unpaired) electrons. The number of anilines is 1. The Morgan fingerprint density at radius 3 is 2.43 bits per heavy atom. The van der Waals surface area contributed by atoms with Crippen molar-refractivity contribution in [1.82, 2.24) is 0 Å². The molecule has 4 heteroatoms. The highest BCUT2D eigenvalue weighted by molar-refractivity contribution is 6.30. The maximum atomic E-state index is 13.3. The Morgan fingerprint density at radius 1 is 0.833 bits per heavy atom. The van der Waals surface area contributed by atoms with Crippen LogP contribution in [0.4, 0.5) is 5.69 Å². The second-order valence-corrected chi connectivity index (χ2v) is 8.51. The van der Waals surface area contributed by atoms with Crippen molar-refractivity contribution in [1.29, 1.82) is 0 Å². The summed E-state index contributed by atoms with van der Waals surface area (Å²) in [5.74, 6) is 0.101. The van der Waals surface area contributed by atoms with Crippen molar-refractivity contribution in [3.63, 3.8) is 0 Å². The van der Waals surface area contributed by atoms with Gasteiger partial charge in [-0.05, 0) is 57.8 Å². The van der Waals surface area contributed by atoms with Gasteiger partial charge in [-0.1, -0.05) is 77.8 Å². The average Bonchev–Trinajstić information content (AvgIpc) is 2.76. The number of benzene rings is 4. The smallest absolute Gasteiger partial charge is 0.228 e.